The Kier molecular flexibility index (Phi) is 13.6. The summed E-state index contributed by atoms with van der Waals surface area (Å²) in [6, 6.07) is 0. The molecule has 0 amide bonds. The summed E-state index contributed by atoms with van der Waals surface area (Å²) < 4.78 is 0. The minimum atomic E-state index is 0. The minimum absolute atomic E-state index is 0. The first-order valence-electron chi connectivity index (χ1n) is 2.75. The molecule has 0 aromatic heterocycles. The molecule has 0 aliphatic rings. The van der Waals surface area contributed by atoms with Gasteiger partial charge in [0.25, 0.3) is 0 Å². The van der Waals surface area contributed by atoms with Gasteiger partial charge in [0.15, 0.2) is 0 Å². The van der Waals surface area contributed by atoms with Gasteiger partial charge in [0.1, 0.15) is 0 Å². The second kappa shape index (κ2) is 9.40. The second-order valence-electron chi connectivity index (χ2n) is 1.65. The van der Waals surface area contributed by atoms with Crippen LogP contribution in [0, 0.1) is 0 Å². The molecule has 0 N–H and O–H groups in total. The van der Waals surface area contributed by atoms with Crippen molar-refractivity contribution in [3.8, 4) is 0 Å². The Morgan fingerprint density at radius 3 is 2.33 bits per heavy atom. The molecular formula is C7H14BaS. The van der Waals surface area contributed by atoms with Gasteiger partial charge < -0.3 is 2.85 Å². The summed E-state index contributed by atoms with van der Waals surface area (Å²) >= 11 is 4.15. The van der Waals surface area contributed by atoms with Crippen molar-refractivity contribution in [2.45, 2.75) is 19.1 Å². The Balaban J connectivity index is -0.0000000817. The molecule has 0 radical (unpaired) electrons. The summed E-state index contributed by atoms with van der Waals surface area (Å²) in [6.45, 7) is 4.02. The van der Waals surface area contributed by atoms with Crippen LogP contribution in [0.4, 0.5) is 0 Å². The van der Waals surface area contributed by atoms with Crippen molar-refractivity contribution < 1.29 is 2.85 Å². The van der Waals surface area contributed by atoms with Gasteiger partial charge in [-0.15, -0.1) is 0 Å². The summed E-state index contributed by atoms with van der Waals surface area (Å²) in [5.41, 5.74) is 0. The Labute approximate surface area is 106 Å². The molecule has 0 heterocycles. The average molecular weight is 268 g/mol. The summed E-state index contributed by atoms with van der Waals surface area (Å²) in [4.78, 5) is 0. The zero-order valence-electron chi connectivity index (χ0n) is 8.04. The molecule has 1 unspecified atom stereocenters. The molecule has 0 nitrogen and oxygen atoms in total. The van der Waals surface area contributed by atoms with Crippen molar-refractivity contribution in [2.75, 3.05) is 0 Å². The zero-order valence-corrected chi connectivity index (χ0v) is 11.4. The third-order valence-electron chi connectivity index (χ3n) is 0.693. The maximum atomic E-state index is 4.15. The van der Waals surface area contributed by atoms with Crippen LogP contribution in [-0.2, 0) is 0 Å². The van der Waals surface area contributed by atoms with Crippen LogP contribution in [-0.4, -0.2) is 54.1 Å². The van der Waals surface area contributed by atoms with E-state index in [4.69, 9.17) is 0 Å². The maximum absolute atomic E-state index is 4.15. The third-order valence-corrected chi connectivity index (χ3v) is 0.865. The van der Waals surface area contributed by atoms with Crippen LogP contribution >= 0.6 is 12.6 Å². The first-order valence-corrected chi connectivity index (χ1v) is 3.26. The molecule has 0 saturated heterocycles. The summed E-state index contributed by atoms with van der Waals surface area (Å²) in [7, 11) is 0. The van der Waals surface area contributed by atoms with Crippen molar-refractivity contribution >= 4 is 61.5 Å². The Morgan fingerprint density at radius 1 is 1.44 bits per heavy atom. The third kappa shape index (κ3) is 12.6. The molecule has 0 aliphatic carbocycles. The van der Waals surface area contributed by atoms with E-state index in [0.717, 1.165) is 0 Å². The molecule has 0 aromatic rings. The molecule has 1 atom stereocenters. The molecule has 9 heavy (non-hydrogen) atoms. The molecule has 2 heteroatoms. The number of thiol groups is 1. The Morgan fingerprint density at radius 2 is 2.00 bits per heavy atom. The van der Waals surface area contributed by atoms with E-state index in [1.54, 1.807) is 0 Å². The van der Waals surface area contributed by atoms with Crippen molar-refractivity contribution in [3.05, 3.63) is 24.3 Å². The van der Waals surface area contributed by atoms with Crippen LogP contribution in [0.2, 0.25) is 0 Å². The van der Waals surface area contributed by atoms with Crippen LogP contribution in [0.1, 0.15) is 16.7 Å². The maximum Gasteiger partial charge on any atom is 2.00 e. The van der Waals surface area contributed by atoms with Gasteiger partial charge in [-0.1, -0.05) is 24.3 Å². The van der Waals surface area contributed by atoms with Crippen molar-refractivity contribution in [1.82, 2.24) is 0 Å². The molecule has 0 rings (SSSR count). The fourth-order valence-electron chi connectivity index (χ4n) is 0.336. The van der Waals surface area contributed by atoms with Gasteiger partial charge in [-0.25, -0.2) is 0 Å². The van der Waals surface area contributed by atoms with Crippen LogP contribution < -0.4 is 0 Å². The molecule has 0 aliphatic heterocycles. The molecule has 0 saturated carbocycles. The molecule has 0 spiro atoms. The summed E-state index contributed by atoms with van der Waals surface area (Å²) in [6.07, 6.45) is 8.01. The van der Waals surface area contributed by atoms with Crippen LogP contribution in [0.3, 0.4) is 0 Å². The molecule has 0 aromatic carbocycles. The van der Waals surface area contributed by atoms with E-state index in [1.807, 2.05) is 38.2 Å². The van der Waals surface area contributed by atoms with Gasteiger partial charge in [0.05, 0.1) is 0 Å². The van der Waals surface area contributed by atoms with Crippen LogP contribution in [0.25, 0.3) is 0 Å². The smallest absolute Gasteiger partial charge is 1.00 e. The van der Waals surface area contributed by atoms with E-state index >= 15 is 0 Å². The van der Waals surface area contributed by atoms with E-state index < -0.39 is 0 Å². The van der Waals surface area contributed by atoms with Gasteiger partial charge in [-0.2, -0.15) is 12.6 Å². The monoisotopic (exact) mass is 268 g/mol. The predicted octanol–water partition coefficient (Wildman–Crippen LogP) is 2.28. The fraction of sp³-hybridized carbons (Fsp3) is 0.429. The summed E-state index contributed by atoms with van der Waals surface area (Å²) in [5, 5.41) is 0.367. The SMILES string of the molecule is CC=CC=CC(C)S.[Ba+2].[H-].[H-]. The van der Waals surface area contributed by atoms with Gasteiger partial charge in [-0.05, 0) is 13.8 Å². The second-order valence-corrected chi connectivity index (χ2v) is 2.47. The quantitative estimate of drug-likeness (QED) is 0.443. The van der Waals surface area contributed by atoms with Gasteiger partial charge in [-0.3, -0.25) is 0 Å². The number of hydrogen-bond acceptors (Lipinski definition) is 1. The van der Waals surface area contributed by atoms with Gasteiger partial charge in [0, 0.05) is 5.25 Å². The molecule has 0 fully saturated rings. The normalized spacial score (nSPS) is 14.1. The Hall–Kier alpha value is 1.40. The van der Waals surface area contributed by atoms with E-state index in [2.05, 4.69) is 12.6 Å². The van der Waals surface area contributed by atoms with E-state index in [0.29, 0.717) is 5.25 Å². The zero-order chi connectivity index (χ0) is 6.41. The van der Waals surface area contributed by atoms with E-state index in [1.165, 1.54) is 0 Å². The fourth-order valence-corrected chi connectivity index (χ4v) is 0.435. The van der Waals surface area contributed by atoms with Crippen molar-refractivity contribution in [3.63, 3.8) is 0 Å². The summed E-state index contributed by atoms with van der Waals surface area (Å²) in [5.74, 6) is 0. The van der Waals surface area contributed by atoms with Crippen LogP contribution in [0.5, 0.6) is 0 Å². The molecule has 50 valence electrons. The van der Waals surface area contributed by atoms with Crippen molar-refractivity contribution in [1.29, 1.82) is 0 Å². The first-order chi connectivity index (χ1) is 3.77. The number of hydrogen-bond donors (Lipinski definition) is 1. The van der Waals surface area contributed by atoms with Gasteiger partial charge in [0.2, 0.25) is 0 Å². The standard InChI is InChI=1S/C7H12S.Ba.2H/c1-3-4-5-6-7(2)8;;;/h3-8H,1-2H3;;;/q;+2;2*-1. The first kappa shape index (κ1) is 13.0. The molecular weight excluding hydrogens is 253 g/mol. The average Bonchev–Trinajstić information content (AvgIpc) is 1.66. The van der Waals surface area contributed by atoms with Crippen molar-refractivity contribution in [2.24, 2.45) is 0 Å². The predicted molar refractivity (Wildman–Crippen MR) is 50.4 cm³/mol. The largest absolute Gasteiger partial charge is 2.00 e. The number of rotatable bonds is 2. The van der Waals surface area contributed by atoms with Crippen LogP contribution in [0.15, 0.2) is 24.3 Å². The Bertz CT molecular complexity index is 103. The minimum Gasteiger partial charge on any atom is -1.00 e. The van der Waals surface area contributed by atoms with E-state index in [-0.39, 0.29) is 51.7 Å². The van der Waals surface area contributed by atoms with E-state index in [9.17, 15) is 0 Å². The van der Waals surface area contributed by atoms with Gasteiger partial charge >= 0.3 is 48.9 Å². The topological polar surface area (TPSA) is 0 Å². The number of allylic oxidation sites excluding steroid dienone is 3. The molecule has 0 bridgehead atoms.